The molecule has 0 saturated carbocycles. The minimum Gasteiger partial charge on any atom is -0.341 e. The molecular weight excluding hydrogens is 531 g/mol. The lowest BCUT2D eigenvalue weighted by molar-refractivity contribution is -0.120. The normalized spacial score (nSPS) is 15.1. The van der Waals surface area contributed by atoms with Gasteiger partial charge in [-0.25, -0.2) is 14.0 Å². The van der Waals surface area contributed by atoms with Gasteiger partial charge < -0.3 is 31.9 Å². The maximum Gasteiger partial charge on any atom is 0.318 e. The van der Waals surface area contributed by atoms with Crippen LogP contribution in [-0.2, 0) is 11.3 Å². The van der Waals surface area contributed by atoms with Crippen LogP contribution in [0, 0.1) is 5.82 Å². The zero-order chi connectivity index (χ0) is 28.9. The molecule has 0 unspecified atom stereocenters. The number of benzene rings is 3. The smallest absolute Gasteiger partial charge is 0.318 e. The van der Waals surface area contributed by atoms with Crippen molar-refractivity contribution in [1.29, 1.82) is 0 Å². The lowest BCUT2D eigenvalue weighted by Crippen LogP contribution is -2.54. The predicted octanol–water partition coefficient (Wildman–Crippen LogP) is 4.29. The summed E-state index contributed by atoms with van der Waals surface area (Å²) in [7, 11) is 1.55. The van der Waals surface area contributed by atoms with Crippen molar-refractivity contribution in [1.82, 2.24) is 16.0 Å². The van der Waals surface area contributed by atoms with Crippen LogP contribution in [0.1, 0.15) is 19.4 Å². The molecule has 0 spiro atoms. The largest absolute Gasteiger partial charge is 0.341 e. The van der Waals surface area contributed by atoms with Gasteiger partial charge in [0.15, 0.2) is 0 Å². The number of carbonyl (C=O) groups is 3. The van der Waals surface area contributed by atoms with Gasteiger partial charge >= 0.3 is 12.1 Å². The number of amides is 5. The van der Waals surface area contributed by atoms with Crippen LogP contribution in [0.25, 0.3) is 11.1 Å². The van der Waals surface area contributed by atoms with Crippen LogP contribution in [0.3, 0.4) is 0 Å². The van der Waals surface area contributed by atoms with E-state index in [0.717, 1.165) is 16.7 Å². The van der Waals surface area contributed by atoms with Crippen LogP contribution in [0.4, 0.5) is 25.4 Å². The number of nitrogens with one attached hydrogen (secondary N) is 4. The quantitative estimate of drug-likeness (QED) is 0.293. The summed E-state index contributed by atoms with van der Waals surface area (Å²) in [4.78, 5) is 40.3. The number of para-hydroxylation sites is 1. The lowest BCUT2D eigenvalue weighted by Gasteiger charge is -2.27. The van der Waals surface area contributed by atoms with E-state index in [4.69, 9.17) is 5.73 Å². The molecule has 0 saturated heterocycles. The number of nitrogens with two attached hydrogens (primary N) is 1. The molecule has 0 aliphatic carbocycles. The van der Waals surface area contributed by atoms with E-state index in [0.29, 0.717) is 16.3 Å². The molecule has 210 valence electrons. The van der Waals surface area contributed by atoms with Gasteiger partial charge in [-0.3, -0.25) is 4.79 Å². The van der Waals surface area contributed by atoms with Crippen molar-refractivity contribution in [2.24, 2.45) is 5.73 Å². The summed E-state index contributed by atoms with van der Waals surface area (Å²) >= 11 is 1.31. The maximum absolute atomic E-state index is 14.1. The zero-order valence-electron chi connectivity index (χ0n) is 22.6. The number of urea groups is 2. The molecular formula is C29H33FN6O3S. The van der Waals surface area contributed by atoms with Crippen LogP contribution >= 0.6 is 11.8 Å². The lowest BCUT2D eigenvalue weighted by atomic mass is 10.0. The third kappa shape index (κ3) is 7.30. The fourth-order valence-corrected chi connectivity index (χ4v) is 5.26. The van der Waals surface area contributed by atoms with E-state index >= 15 is 0 Å². The number of rotatable bonds is 7. The monoisotopic (exact) mass is 564 g/mol. The van der Waals surface area contributed by atoms with Crippen LogP contribution in [0.15, 0.2) is 71.6 Å². The Kier molecular flexibility index (Phi) is 8.96. The molecule has 1 aliphatic heterocycles. The number of fused-ring (bicyclic) bond motifs is 1. The van der Waals surface area contributed by atoms with Crippen molar-refractivity contribution in [3.63, 3.8) is 0 Å². The maximum atomic E-state index is 14.1. The van der Waals surface area contributed by atoms with Crippen molar-refractivity contribution in [3.05, 3.63) is 78.1 Å². The summed E-state index contributed by atoms with van der Waals surface area (Å²) in [6.45, 7) is 4.02. The van der Waals surface area contributed by atoms with E-state index in [1.54, 1.807) is 31.9 Å². The highest BCUT2D eigenvalue weighted by atomic mass is 32.2. The molecule has 11 heteroatoms. The molecule has 5 amide bonds. The molecule has 4 rings (SSSR count). The van der Waals surface area contributed by atoms with Gasteiger partial charge in [0.05, 0.1) is 17.9 Å². The van der Waals surface area contributed by atoms with Gasteiger partial charge in [0, 0.05) is 35.3 Å². The van der Waals surface area contributed by atoms with E-state index < -0.39 is 23.4 Å². The topological polar surface area (TPSA) is 129 Å². The molecule has 1 atom stereocenters. The summed E-state index contributed by atoms with van der Waals surface area (Å²) in [5.74, 6) is -0.454. The Balaban J connectivity index is 1.57. The average Bonchev–Trinajstić information content (AvgIpc) is 3.04. The van der Waals surface area contributed by atoms with Crippen molar-refractivity contribution >= 4 is 41.1 Å². The third-order valence-corrected chi connectivity index (χ3v) is 7.34. The van der Waals surface area contributed by atoms with E-state index in [1.165, 1.54) is 23.9 Å². The molecule has 0 radical (unpaired) electrons. The molecule has 40 heavy (non-hydrogen) atoms. The number of hydrogen-bond donors (Lipinski definition) is 5. The van der Waals surface area contributed by atoms with Gasteiger partial charge in [-0.15, -0.1) is 11.8 Å². The second-order valence-corrected chi connectivity index (χ2v) is 11.2. The first kappa shape index (κ1) is 28.9. The van der Waals surface area contributed by atoms with Crippen LogP contribution in [0.2, 0.25) is 0 Å². The Labute approximate surface area is 237 Å². The number of thioether (sulfide) groups is 1. The second kappa shape index (κ2) is 12.4. The van der Waals surface area contributed by atoms with Crippen molar-refractivity contribution < 1.29 is 18.8 Å². The molecule has 9 nitrogen and oxygen atoms in total. The fourth-order valence-electron chi connectivity index (χ4n) is 4.16. The van der Waals surface area contributed by atoms with Crippen molar-refractivity contribution in [2.75, 3.05) is 29.6 Å². The highest BCUT2D eigenvalue weighted by Gasteiger charge is 2.32. The van der Waals surface area contributed by atoms with E-state index in [9.17, 15) is 18.8 Å². The van der Waals surface area contributed by atoms with E-state index in [-0.39, 0.29) is 30.8 Å². The van der Waals surface area contributed by atoms with Crippen molar-refractivity contribution in [2.45, 2.75) is 36.9 Å². The Hall–Kier alpha value is -4.09. The summed E-state index contributed by atoms with van der Waals surface area (Å²) in [6, 6.07) is 17.8. The summed E-state index contributed by atoms with van der Waals surface area (Å²) in [6.07, 6.45) is 0. The number of carbonyl (C=O) groups excluding carboxylic acids is 3. The van der Waals surface area contributed by atoms with Crippen LogP contribution < -0.4 is 31.9 Å². The number of hydrogen-bond acceptors (Lipinski definition) is 5. The first-order chi connectivity index (χ1) is 19.0. The molecule has 1 aliphatic rings. The van der Waals surface area contributed by atoms with E-state index in [2.05, 4.69) is 21.3 Å². The average molecular weight is 565 g/mol. The Morgan fingerprint density at radius 1 is 1.07 bits per heavy atom. The van der Waals surface area contributed by atoms with Gasteiger partial charge in [0.1, 0.15) is 11.9 Å². The number of nitrogens with zero attached hydrogens (tertiary/aromatic N) is 1. The fraction of sp³-hybridized carbons (Fsp3) is 0.276. The van der Waals surface area contributed by atoms with Gasteiger partial charge in [-0.1, -0.05) is 42.5 Å². The molecule has 6 N–H and O–H groups in total. The highest BCUT2D eigenvalue weighted by Crippen LogP contribution is 2.36. The molecule has 0 fully saturated rings. The molecule has 1 heterocycles. The minimum absolute atomic E-state index is 0.214. The minimum atomic E-state index is -0.830. The second-order valence-electron chi connectivity index (χ2n) is 10.2. The highest BCUT2D eigenvalue weighted by molar-refractivity contribution is 7.99. The van der Waals surface area contributed by atoms with Crippen LogP contribution in [-0.4, -0.2) is 48.9 Å². The van der Waals surface area contributed by atoms with Gasteiger partial charge in [-0.2, -0.15) is 0 Å². The molecule has 0 aromatic heterocycles. The van der Waals surface area contributed by atoms with Gasteiger partial charge in [0.2, 0.25) is 0 Å². The summed E-state index contributed by atoms with van der Waals surface area (Å²) < 4.78 is 14.1. The summed E-state index contributed by atoms with van der Waals surface area (Å²) in [5, 5.41) is 10.8. The summed E-state index contributed by atoms with van der Waals surface area (Å²) in [5.41, 5.74) is 9.15. The Morgan fingerprint density at radius 2 is 1.80 bits per heavy atom. The van der Waals surface area contributed by atoms with Crippen LogP contribution in [0.5, 0.6) is 0 Å². The Bertz CT molecular complexity index is 1390. The SMILES string of the molecule is CNC(=O)Nc1ccccc1-c1ccc(CN2C(=O)[C@H](NC(=O)NCC(C)(C)N)CSc3cc(F)ccc32)cc1. The third-order valence-electron chi connectivity index (χ3n) is 6.20. The van der Waals surface area contributed by atoms with Gasteiger partial charge in [-0.05, 0) is 49.2 Å². The Morgan fingerprint density at radius 3 is 2.50 bits per heavy atom. The standard InChI is InChI=1S/C29H33FN6O3S/c1-29(2,31)17-33-28(39)35-23-16-40-25-14-20(30)12-13-24(25)36(26(23)37)15-18-8-10-19(11-9-18)21-6-4-5-7-22(21)34-27(38)32-3/h4-14,23H,15-17,31H2,1-3H3,(H2,32,34,38)(H2,33,35,39)/t23-/m1/s1. The first-order valence-electron chi connectivity index (χ1n) is 12.8. The number of anilines is 2. The molecule has 0 bridgehead atoms. The first-order valence-corrected chi connectivity index (χ1v) is 13.8. The molecule has 3 aromatic carbocycles. The van der Waals surface area contributed by atoms with Gasteiger partial charge in [0.25, 0.3) is 5.91 Å². The number of halogens is 1. The van der Waals surface area contributed by atoms with Crippen molar-refractivity contribution in [3.8, 4) is 11.1 Å². The zero-order valence-corrected chi connectivity index (χ0v) is 23.4. The molecule has 3 aromatic rings. The van der Waals surface area contributed by atoms with E-state index in [1.807, 2.05) is 48.5 Å². The predicted molar refractivity (Wildman–Crippen MR) is 157 cm³/mol.